The summed E-state index contributed by atoms with van der Waals surface area (Å²) in [7, 11) is -3.34. The number of aromatic amines is 1. The molecule has 2 heterocycles. The molecule has 3 rings (SSSR count). The first-order chi connectivity index (χ1) is 13.8. The third kappa shape index (κ3) is 5.10. The minimum absolute atomic E-state index is 0.0279. The van der Waals surface area contributed by atoms with Gasteiger partial charge < -0.3 is 10.3 Å². The van der Waals surface area contributed by atoms with Crippen molar-refractivity contribution in [3.8, 4) is 0 Å². The highest BCUT2D eigenvalue weighted by atomic mass is 32.2. The van der Waals surface area contributed by atoms with Gasteiger partial charge in [0, 0.05) is 24.3 Å². The molecule has 0 atom stereocenters. The van der Waals surface area contributed by atoms with Crippen molar-refractivity contribution >= 4 is 37.3 Å². The number of carbonyl (C=O) groups excluding carboxylic acids is 1. The number of H-pyrrole nitrogens is 1. The zero-order chi connectivity index (χ0) is 21.0. The maximum absolute atomic E-state index is 12.3. The van der Waals surface area contributed by atoms with Gasteiger partial charge in [0.05, 0.1) is 16.0 Å². The maximum Gasteiger partial charge on any atom is 0.259 e. The number of carbonyl (C=O) groups is 1. The summed E-state index contributed by atoms with van der Waals surface area (Å²) in [6.07, 6.45) is 0.816. The Labute approximate surface area is 173 Å². The Morgan fingerprint density at radius 1 is 1.21 bits per heavy atom. The van der Waals surface area contributed by atoms with Crippen LogP contribution in [0.3, 0.4) is 0 Å². The molecule has 1 amide bonds. The van der Waals surface area contributed by atoms with Gasteiger partial charge in [0.1, 0.15) is 10.7 Å². The van der Waals surface area contributed by atoms with Gasteiger partial charge in [0.15, 0.2) is 9.84 Å². The van der Waals surface area contributed by atoms with Crippen molar-refractivity contribution in [3.63, 3.8) is 0 Å². The van der Waals surface area contributed by atoms with E-state index >= 15 is 0 Å². The quantitative estimate of drug-likeness (QED) is 0.531. The third-order valence-electron chi connectivity index (χ3n) is 4.69. The molecule has 9 heteroatoms. The number of rotatable bonds is 8. The van der Waals surface area contributed by atoms with Gasteiger partial charge >= 0.3 is 0 Å². The minimum atomic E-state index is -3.34. The average Bonchev–Trinajstić information content (AvgIpc) is 2.98. The number of aryl methyl sites for hydroxylation is 3. The zero-order valence-corrected chi connectivity index (χ0v) is 18.0. The Morgan fingerprint density at radius 2 is 1.93 bits per heavy atom. The molecule has 0 spiro atoms. The first kappa shape index (κ1) is 21.2. The summed E-state index contributed by atoms with van der Waals surface area (Å²) in [6.45, 7) is 4.12. The van der Waals surface area contributed by atoms with Crippen LogP contribution in [0.2, 0.25) is 0 Å². The van der Waals surface area contributed by atoms with E-state index in [9.17, 15) is 18.0 Å². The van der Waals surface area contributed by atoms with Crippen molar-refractivity contribution in [1.82, 2.24) is 15.3 Å². The van der Waals surface area contributed by atoms with Crippen molar-refractivity contribution in [2.75, 3.05) is 12.3 Å². The molecule has 0 saturated carbocycles. The van der Waals surface area contributed by atoms with E-state index in [2.05, 4.69) is 15.3 Å². The van der Waals surface area contributed by atoms with Crippen LogP contribution in [-0.4, -0.2) is 36.6 Å². The fraction of sp³-hybridized carbons (Fsp3) is 0.350. The molecule has 0 saturated heterocycles. The molecular weight excluding hydrogens is 410 g/mol. The molecule has 0 fully saturated rings. The van der Waals surface area contributed by atoms with E-state index in [0.29, 0.717) is 28.9 Å². The Morgan fingerprint density at radius 3 is 2.66 bits per heavy atom. The lowest BCUT2D eigenvalue weighted by atomic mass is 10.2. The zero-order valence-electron chi connectivity index (χ0n) is 16.3. The molecule has 0 radical (unpaired) electrons. The van der Waals surface area contributed by atoms with E-state index in [0.717, 1.165) is 10.4 Å². The van der Waals surface area contributed by atoms with Gasteiger partial charge in [-0.05, 0) is 38.0 Å². The summed E-state index contributed by atoms with van der Waals surface area (Å²) < 4.78 is 24.4. The summed E-state index contributed by atoms with van der Waals surface area (Å²) in [6, 6.07) is 8.26. The van der Waals surface area contributed by atoms with Crippen LogP contribution in [0, 0.1) is 13.8 Å². The van der Waals surface area contributed by atoms with Crippen molar-refractivity contribution in [1.29, 1.82) is 0 Å². The van der Waals surface area contributed by atoms with E-state index in [4.69, 9.17) is 0 Å². The number of amides is 1. The number of hydrogen-bond donors (Lipinski definition) is 2. The highest BCUT2D eigenvalue weighted by molar-refractivity contribution is 7.91. The van der Waals surface area contributed by atoms with Crippen molar-refractivity contribution < 1.29 is 13.2 Å². The Balaban J connectivity index is 1.48. The van der Waals surface area contributed by atoms with Crippen LogP contribution >= 0.6 is 11.3 Å². The van der Waals surface area contributed by atoms with Crippen molar-refractivity contribution in [3.05, 3.63) is 57.0 Å². The number of hydrogen-bond acceptors (Lipinski definition) is 6. The third-order valence-corrected chi connectivity index (χ3v) is 7.61. The van der Waals surface area contributed by atoms with Gasteiger partial charge in [-0.3, -0.25) is 9.59 Å². The monoisotopic (exact) mass is 433 g/mol. The largest absolute Gasteiger partial charge is 0.356 e. The summed E-state index contributed by atoms with van der Waals surface area (Å²) in [4.78, 5) is 33.5. The SMILES string of the molecule is Cc1sc2nc(CCC(=O)NCCCS(=O)(=O)c3ccccc3)[nH]c(=O)c2c1C. The normalized spacial score (nSPS) is 11.7. The van der Waals surface area contributed by atoms with Gasteiger partial charge in [-0.1, -0.05) is 18.2 Å². The molecule has 29 heavy (non-hydrogen) atoms. The molecule has 7 nitrogen and oxygen atoms in total. The molecule has 0 aliphatic heterocycles. The van der Waals surface area contributed by atoms with E-state index in [1.54, 1.807) is 30.3 Å². The summed E-state index contributed by atoms with van der Waals surface area (Å²) >= 11 is 1.47. The lowest BCUT2D eigenvalue weighted by Gasteiger charge is -2.06. The van der Waals surface area contributed by atoms with Crippen LogP contribution in [0.4, 0.5) is 0 Å². The van der Waals surface area contributed by atoms with E-state index in [-0.39, 0.29) is 35.1 Å². The molecule has 154 valence electrons. The van der Waals surface area contributed by atoms with Crippen LogP contribution in [0.5, 0.6) is 0 Å². The van der Waals surface area contributed by atoms with Gasteiger partial charge in [-0.15, -0.1) is 11.3 Å². The molecule has 0 bridgehead atoms. The second kappa shape index (κ2) is 8.87. The molecule has 1 aromatic carbocycles. The first-order valence-electron chi connectivity index (χ1n) is 9.31. The molecule has 2 N–H and O–H groups in total. The fourth-order valence-electron chi connectivity index (χ4n) is 2.97. The Bertz CT molecular complexity index is 1180. The Kier molecular flexibility index (Phi) is 6.49. The molecule has 2 aromatic heterocycles. The van der Waals surface area contributed by atoms with Crippen LogP contribution in [0.1, 0.15) is 29.1 Å². The van der Waals surface area contributed by atoms with Gasteiger partial charge in [-0.25, -0.2) is 13.4 Å². The lowest BCUT2D eigenvalue weighted by Crippen LogP contribution is -2.26. The number of sulfone groups is 1. The van der Waals surface area contributed by atoms with Crippen molar-refractivity contribution in [2.24, 2.45) is 0 Å². The predicted molar refractivity (Wildman–Crippen MR) is 114 cm³/mol. The van der Waals surface area contributed by atoms with Crippen LogP contribution in [0.25, 0.3) is 10.2 Å². The summed E-state index contributed by atoms with van der Waals surface area (Å²) in [5.41, 5.74) is 0.756. The van der Waals surface area contributed by atoms with Gasteiger partial charge in [0.2, 0.25) is 5.91 Å². The number of nitrogens with zero attached hydrogens (tertiary/aromatic N) is 1. The molecular formula is C20H23N3O4S2. The van der Waals surface area contributed by atoms with Crippen LogP contribution in [-0.2, 0) is 21.1 Å². The first-order valence-corrected chi connectivity index (χ1v) is 11.8. The number of aromatic nitrogens is 2. The molecule has 0 aliphatic carbocycles. The van der Waals surface area contributed by atoms with Gasteiger partial charge in [-0.2, -0.15) is 0 Å². The topological polar surface area (TPSA) is 109 Å². The Hall–Kier alpha value is -2.52. The fourth-order valence-corrected chi connectivity index (χ4v) is 5.35. The number of nitrogens with one attached hydrogen (secondary N) is 2. The molecule has 0 aliphatic rings. The second-order valence-electron chi connectivity index (χ2n) is 6.81. The highest BCUT2D eigenvalue weighted by Gasteiger charge is 2.14. The van der Waals surface area contributed by atoms with Crippen LogP contribution < -0.4 is 10.9 Å². The maximum atomic E-state index is 12.3. The number of benzene rings is 1. The second-order valence-corrected chi connectivity index (χ2v) is 10.1. The van der Waals surface area contributed by atoms with Crippen LogP contribution in [0.15, 0.2) is 40.0 Å². The number of thiophene rings is 1. The van der Waals surface area contributed by atoms with Gasteiger partial charge in [0.25, 0.3) is 5.56 Å². The summed E-state index contributed by atoms with van der Waals surface area (Å²) in [5.74, 6) is 0.244. The van der Waals surface area contributed by atoms with E-state index in [1.165, 1.54) is 11.3 Å². The van der Waals surface area contributed by atoms with Crippen molar-refractivity contribution in [2.45, 2.75) is 38.0 Å². The smallest absolute Gasteiger partial charge is 0.259 e. The lowest BCUT2D eigenvalue weighted by molar-refractivity contribution is -0.121. The van der Waals surface area contributed by atoms with E-state index in [1.807, 2.05) is 13.8 Å². The standard InChI is InChI=1S/C20H23N3O4S2/c1-13-14(2)28-20-18(13)19(25)22-16(23-20)9-10-17(24)21-11-6-12-29(26,27)15-7-4-3-5-8-15/h3-5,7-8H,6,9-12H2,1-2H3,(H,21,24)(H,22,23,25). The predicted octanol–water partition coefficient (Wildman–Crippen LogP) is 2.51. The summed E-state index contributed by atoms with van der Waals surface area (Å²) in [5, 5.41) is 3.33. The average molecular weight is 434 g/mol. The highest BCUT2D eigenvalue weighted by Crippen LogP contribution is 2.25. The molecule has 0 unspecified atom stereocenters. The minimum Gasteiger partial charge on any atom is -0.356 e. The molecule has 3 aromatic rings. The number of fused-ring (bicyclic) bond motifs is 1. The van der Waals surface area contributed by atoms with E-state index < -0.39 is 9.84 Å².